The van der Waals surface area contributed by atoms with Crippen LogP contribution in [-0.2, 0) is 37.9 Å². The van der Waals surface area contributed by atoms with Crippen molar-refractivity contribution in [3.8, 4) is 11.1 Å². The molecule has 8 aromatic carbocycles. The van der Waals surface area contributed by atoms with E-state index in [1.807, 2.05) is 0 Å². The van der Waals surface area contributed by atoms with Crippen molar-refractivity contribution >= 4 is 68.6 Å². The molecule has 0 N–H and O–H groups in total. The van der Waals surface area contributed by atoms with E-state index in [0.717, 1.165) is 12.8 Å². The molecular formula is C79H86BN3. The van der Waals surface area contributed by atoms with Crippen molar-refractivity contribution in [2.24, 2.45) is 0 Å². The van der Waals surface area contributed by atoms with Crippen LogP contribution in [0.15, 0.2) is 140 Å². The van der Waals surface area contributed by atoms with Crippen molar-refractivity contribution in [2.75, 3.05) is 14.7 Å². The Morgan fingerprint density at radius 2 is 0.976 bits per heavy atom. The van der Waals surface area contributed by atoms with Gasteiger partial charge in [-0.1, -0.05) is 201 Å². The molecule has 7 aliphatic rings. The Morgan fingerprint density at radius 3 is 1.65 bits per heavy atom. The minimum absolute atomic E-state index is 0.000909. The van der Waals surface area contributed by atoms with Crippen LogP contribution in [0.1, 0.15) is 209 Å². The van der Waals surface area contributed by atoms with Gasteiger partial charge in [0.15, 0.2) is 0 Å². The number of rotatable bonds is 3. The molecule has 0 saturated heterocycles. The zero-order valence-electron chi connectivity index (χ0n) is 52.9. The maximum atomic E-state index is 2.83. The van der Waals surface area contributed by atoms with Crippen molar-refractivity contribution in [3.63, 3.8) is 0 Å². The van der Waals surface area contributed by atoms with Crippen LogP contribution in [0.3, 0.4) is 0 Å². The minimum Gasteiger partial charge on any atom is -0.334 e. The third kappa shape index (κ3) is 6.87. The summed E-state index contributed by atoms with van der Waals surface area (Å²) < 4.78 is 0. The molecule has 0 amide bonds. The molecule has 3 nitrogen and oxygen atoms in total. The number of fused-ring (bicyclic) bond motifs is 13. The zero-order valence-corrected chi connectivity index (χ0v) is 52.9. The lowest BCUT2D eigenvalue weighted by Crippen LogP contribution is -2.62. The molecule has 3 aliphatic heterocycles. The van der Waals surface area contributed by atoms with E-state index in [9.17, 15) is 0 Å². The Bertz CT molecular complexity index is 4160. The SMILES string of the molecule is Cc1cc2c3c(c1)N(c1cccc4c1-c1ccccc1C4(C)C)c1cc4c(cc1B3c1ccc(N3c5ccc(C(C)(C)C)cc5C5(C)CCCCC35C)cc1N2c1cc2c(cc1C)C(C)(C)CCC2(C)C)C(C)(C)c1ccccc1C4(C)C. The molecule has 0 spiro atoms. The van der Waals surface area contributed by atoms with Crippen LogP contribution in [0.2, 0.25) is 0 Å². The third-order valence-corrected chi connectivity index (χ3v) is 23.4. The first-order chi connectivity index (χ1) is 39.1. The molecule has 8 aromatic rings. The van der Waals surface area contributed by atoms with Crippen LogP contribution in [-0.4, -0.2) is 12.3 Å². The predicted octanol–water partition coefficient (Wildman–Crippen LogP) is 19.0. The highest BCUT2D eigenvalue weighted by Crippen LogP contribution is 2.63. The first-order valence-corrected chi connectivity index (χ1v) is 31.6. The Labute approximate surface area is 497 Å². The summed E-state index contributed by atoms with van der Waals surface area (Å²) in [6.07, 6.45) is 7.19. The lowest BCUT2D eigenvalue weighted by molar-refractivity contribution is 0.195. The Hall–Kier alpha value is -6.78. The smallest absolute Gasteiger partial charge is 0.252 e. The van der Waals surface area contributed by atoms with Crippen LogP contribution in [0.25, 0.3) is 11.1 Å². The number of anilines is 8. The topological polar surface area (TPSA) is 9.72 Å². The van der Waals surface area contributed by atoms with Crippen LogP contribution in [0, 0.1) is 13.8 Å². The average Bonchev–Trinajstić information content (AvgIpc) is 1.55. The van der Waals surface area contributed by atoms with Gasteiger partial charge >= 0.3 is 0 Å². The average molecular weight is 1090 g/mol. The number of hydrogen-bond donors (Lipinski definition) is 0. The second kappa shape index (κ2) is 16.8. The van der Waals surface area contributed by atoms with E-state index in [4.69, 9.17) is 0 Å². The second-order valence-electron chi connectivity index (χ2n) is 31.3. The van der Waals surface area contributed by atoms with Gasteiger partial charge in [0.05, 0.1) is 11.2 Å². The monoisotopic (exact) mass is 1090 g/mol. The van der Waals surface area contributed by atoms with Crippen molar-refractivity contribution < 1.29 is 0 Å². The summed E-state index contributed by atoms with van der Waals surface area (Å²) in [5, 5.41) is 0. The van der Waals surface area contributed by atoms with E-state index in [0.29, 0.717) is 0 Å². The van der Waals surface area contributed by atoms with Gasteiger partial charge in [-0.3, -0.25) is 0 Å². The highest BCUT2D eigenvalue weighted by atomic mass is 15.3. The van der Waals surface area contributed by atoms with Gasteiger partial charge < -0.3 is 14.7 Å². The fourth-order valence-corrected chi connectivity index (χ4v) is 18.2. The largest absolute Gasteiger partial charge is 0.334 e. The molecule has 3 heterocycles. The Morgan fingerprint density at radius 1 is 0.410 bits per heavy atom. The van der Waals surface area contributed by atoms with E-state index in [-0.39, 0.29) is 50.2 Å². The number of benzene rings is 8. The predicted molar refractivity (Wildman–Crippen MR) is 355 cm³/mol. The van der Waals surface area contributed by atoms with Crippen LogP contribution in [0.4, 0.5) is 45.5 Å². The molecular weight excluding hydrogens is 1000 g/mol. The molecule has 0 aromatic heterocycles. The summed E-state index contributed by atoms with van der Waals surface area (Å²) in [5.74, 6) is 0. The Kier molecular flexibility index (Phi) is 10.7. The van der Waals surface area contributed by atoms with Crippen molar-refractivity contribution in [1.82, 2.24) is 0 Å². The Balaban J connectivity index is 1.06. The number of nitrogens with zero attached hydrogens (tertiary/aromatic N) is 3. The van der Waals surface area contributed by atoms with Gasteiger partial charge in [-0.05, 0) is 200 Å². The minimum atomic E-state index is -0.237. The van der Waals surface area contributed by atoms with Gasteiger partial charge in [-0.2, -0.15) is 0 Å². The van der Waals surface area contributed by atoms with E-state index in [1.54, 1.807) is 0 Å². The molecule has 0 radical (unpaired) electrons. The highest BCUT2D eigenvalue weighted by Gasteiger charge is 2.58. The molecule has 1 fully saturated rings. The van der Waals surface area contributed by atoms with Crippen molar-refractivity contribution in [3.05, 3.63) is 206 Å². The summed E-state index contributed by atoms with van der Waals surface area (Å²) in [4.78, 5) is 8.35. The maximum absolute atomic E-state index is 2.83. The zero-order chi connectivity index (χ0) is 58.2. The lowest BCUT2D eigenvalue weighted by Gasteiger charge is -2.51. The molecule has 2 unspecified atom stereocenters. The lowest BCUT2D eigenvalue weighted by atomic mass is 9.33. The van der Waals surface area contributed by atoms with Crippen LogP contribution >= 0.6 is 0 Å². The quantitative estimate of drug-likeness (QED) is 0.163. The van der Waals surface area contributed by atoms with E-state index < -0.39 is 0 Å². The number of hydrogen-bond acceptors (Lipinski definition) is 3. The van der Waals surface area contributed by atoms with Gasteiger partial charge in [0.25, 0.3) is 6.71 Å². The first kappa shape index (κ1) is 53.0. The molecule has 83 heavy (non-hydrogen) atoms. The van der Waals surface area contributed by atoms with E-state index in [2.05, 4.69) is 272 Å². The van der Waals surface area contributed by atoms with Gasteiger partial charge in [0.2, 0.25) is 0 Å². The standard InChI is InChI=1S/C79H86BN3/c1-47-39-68-71-69(40-47)82(65-45-57-56(41-48(65)2)73(6,7)37-38-74(57,8)9)66-43-50(83-63-34-31-49(72(3,4)5)42-60(63)78(16)35-22-23-36-79(78,83)17)32-33-61(66)80(71)62-44-58-59(77(14,15)54-28-21-20-27-53(54)76(58,12)13)46-67(62)81(68)64-30-24-29-55-70(64)51-25-18-19-26-52(51)75(55,10)11/h18-21,24-34,39-46H,22-23,35-38H2,1-17H3. The first-order valence-electron chi connectivity index (χ1n) is 31.6. The molecule has 15 rings (SSSR count). The van der Waals surface area contributed by atoms with Gasteiger partial charge in [-0.15, -0.1) is 0 Å². The second-order valence-corrected chi connectivity index (χ2v) is 31.3. The summed E-state index contributed by atoms with van der Waals surface area (Å²) in [6, 6.07) is 56.9. The van der Waals surface area contributed by atoms with Gasteiger partial charge in [-0.25, -0.2) is 0 Å². The molecule has 420 valence electrons. The maximum Gasteiger partial charge on any atom is 0.252 e. The molecule has 1 saturated carbocycles. The third-order valence-electron chi connectivity index (χ3n) is 23.4. The molecule has 4 aliphatic carbocycles. The highest BCUT2D eigenvalue weighted by molar-refractivity contribution is 7.00. The fourth-order valence-electron chi connectivity index (χ4n) is 18.2. The molecule has 4 heteroatoms. The van der Waals surface area contributed by atoms with Crippen LogP contribution in [0.5, 0.6) is 0 Å². The van der Waals surface area contributed by atoms with Crippen molar-refractivity contribution in [1.29, 1.82) is 0 Å². The fraction of sp³-hybridized carbons (Fsp3) is 0.392. The molecule has 2 atom stereocenters. The van der Waals surface area contributed by atoms with E-state index >= 15 is 0 Å². The van der Waals surface area contributed by atoms with Gasteiger partial charge in [0, 0.05) is 67.0 Å². The van der Waals surface area contributed by atoms with Gasteiger partial charge in [0.1, 0.15) is 0 Å². The summed E-state index contributed by atoms with van der Waals surface area (Å²) >= 11 is 0. The van der Waals surface area contributed by atoms with Crippen LogP contribution < -0.4 is 31.1 Å². The molecule has 0 bridgehead atoms. The summed E-state index contributed by atoms with van der Waals surface area (Å²) in [5.41, 5.74) is 33.8. The number of aryl methyl sites for hydroxylation is 2. The summed E-state index contributed by atoms with van der Waals surface area (Å²) in [7, 11) is 0. The summed E-state index contributed by atoms with van der Waals surface area (Å²) in [6.45, 7) is 41.8. The normalized spacial score (nSPS) is 22.7. The van der Waals surface area contributed by atoms with Crippen molar-refractivity contribution in [2.45, 2.75) is 200 Å². The van der Waals surface area contributed by atoms with E-state index in [1.165, 1.54) is 165 Å².